The first kappa shape index (κ1) is 26.4. The lowest BCUT2D eigenvalue weighted by atomic mass is 9.99. The van der Waals surface area contributed by atoms with Crippen molar-refractivity contribution in [3.8, 4) is 11.3 Å². The normalized spacial score (nSPS) is 11.3. The Hall–Kier alpha value is -5.17. The summed E-state index contributed by atoms with van der Waals surface area (Å²) in [6.07, 6.45) is 0. The molecule has 0 saturated heterocycles. The van der Waals surface area contributed by atoms with Gasteiger partial charge in [0.05, 0.1) is 22.5 Å². The number of carbonyl (C=O) groups is 2. The summed E-state index contributed by atoms with van der Waals surface area (Å²) in [7, 11) is 0. The van der Waals surface area contributed by atoms with Crippen molar-refractivity contribution in [2.45, 2.75) is 20.8 Å². The molecule has 198 valence electrons. The second kappa shape index (κ2) is 11.3. The Balaban J connectivity index is 1.35. The molecule has 0 atom stereocenters. The zero-order valence-corrected chi connectivity index (χ0v) is 22.3. The Labute approximate surface area is 231 Å². The summed E-state index contributed by atoms with van der Waals surface area (Å²) in [4.78, 5) is 30.6. The van der Waals surface area contributed by atoms with Crippen molar-refractivity contribution in [3.05, 3.63) is 131 Å². The van der Waals surface area contributed by atoms with Crippen molar-refractivity contribution in [2.75, 3.05) is 5.32 Å². The van der Waals surface area contributed by atoms with Crippen molar-refractivity contribution in [1.29, 1.82) is 0 Å². The smallest absolute Gasteiger partial charge is 0.272 e. The highest BCUT2D eigenvalue weighted by atomic mass is 19.1. The number of aryl methyl sites for hydroxylation is 2. The van der Waals surface area contributed by atoms with Crippen LogP contribution in [0.1, 0.15) is 44.3 Å². The number of anilines is 1. The van der Waals surface area contributed by atoms with Crippen LogP contribution in [-0.4, -0.2) is 22.5 Å². The highest BCUT2D eigenvalue weighted by Gasteiger charge is 2.15. The summed E-state index contributed by atoms with van der Waals surface area (Å²) in [6.45, 7) is 5.84. The third-order valence-electron chi connectivity index (χ3n) is 6.60. The Kier molecular flexibility index (Phi) is 7.46. The standard InChI is InChI=1S/C33H27FN4O2/c1-20-11-12-21(2)28(17-20)31-19-29(27-9-4-5-10-30(27)36-31)33(40)38-37-22(3)23-13-15-26(16-14-23)35-32(39)24-7-6-8-25(34)18-24/h4-19H,1-3H3,(H,35,39)(H,38,40)/b37-22-. The number of hydrogen-bond acceptors (Lipinski definition) is 4. The van der Waals surface area contributed by atoms with Crippen molar-refractivity contribution in [1.82, 2.24) is 10.4 Å². The maximum Gasteiger partial charge on any atom is 0.272 e. The maximum atomic E-state index is 13.4. The molecule has 0 aliphatic rings. The Morgan fingerprint density at radius 1 is 0.800 bits per heavy atom. The van der Waals surface area contributed by atoms with Crippen LogP contribution < -0.4 is 10.7 Å². The van der Waals surface area contributed by atoms with Gasteiger partial charge in [-0.05, 0) is 80.4 Å². The Bertz CT molecular complexity index is 1780. The molecule has 4 aromatic carbocycles. The zero-order valence-electron chi connectivity index (χ0n) is 22.3. The van der Waals surface area contributed by atoms with E-state index in [1.54, 1.807) is 43.3 Å². The van der Waals surface area contributed by atoms with E-state index in [1.807, 2.05) is 44.2 Å². The van der Waals surface area contributed by atoms with E-state index < -0.39 is 11.7 Å². The lowest BCUT2D eigenvalue weighted by molar-refractivity contribution is 0.0955. The molecule has 0 unspecified atom stereocenters. The van der Waals surface area contributed by atoms with Gasteiger partial charge in [0.2, 0.25) is 0 Å². The number of benzene rings is 4. The van der Waals surface area contributed by atoms with Crippen LogP contribution in [0.5, 0.6) is 0 Å². The molecule has 2 amide bonds. The monoisotopic (exact) mass is 530 g/mol. The number of nitrogens with one attached hydrogen (secondary N) is 2. The molecule has 0 radical (unpaired) electrons. The molecule has 5 rings (SSSR count). The quantitative estimate of drug-likeness (QED) is 0.182. The first-order valence-electron chi connectivity index (χ1n) is 12.8. The van der Waals surface area contributed by atoms with Crippen LogP contribution in [0.25, 0.3) is 22.2 Å². The van der Waals surface area contributed by atoms with Gasteiger partial charge in [-0.3, -0.25) is 9.59 Å². The van der Waals surface area contributed by atoms with Gasteiger partial charge in [0.1, 0.15) is 5.82 Å². The number of pyridine rings is 1. The van der Waals surface area contributed by atoms with Crippen molar-refractivity contribution in [2.24, 2.45) is 5.10 Å². The predicted octanol–water partition coefficient (Wildman–Crippen LogP) is 7.06. The lowest BCUT2D eigenvalue weighted by Gasteiger charge is -2.12. The molecule has 1 heterocycles. The number of para-hydroxylation sites is 1. The lowest BCUT2D eigenvalue weighted by Crippen LogP contribution is -2.20. The maximum absolute atomic E-state index is 13.4. The van der Waals surface area contributed by atoms with Crippen LogP contribution in [0.3, 0.4) is 0 Å². The van der Waals surface area contributed by atoms with Crippen LogP contribution in [0.4, 0.5) is 10.1 Å². The van der Waals surface area contributed by atoms with Crippen LogP contribution in [0, 0.1) is 19.7 Å². The minimum absolute atomic E-state index is 0.230. The number of hydrazone groups is 1. The number of hydrogen-bond donors (Lipinski definition) is 2. The highest BCUT2D eigenvalue weighted by Crippen LogP contribution is 2.28. The summed E-state index contributed by atoms with van der Waals surface area (Å²) in [6, 6.07) is 28.0. The average Bonchev–Trinajstić information content (AvgIpc) is 2.96. The summed E-state index contributed by atoms with van der Waals surface area (Å²) in [5, 5.41) is 7.81. The molecule has 0 spiro atoms. The molecular formula is C33H27FN4O2. The van der Waals surface area contributed by atoms with E-state index in [1.165, 1.54) is 18.2 Å². The van der Waals surface area contributed by atoms with E-state index in [-0.39, 0.29) is 11.5 Å². The fraction of sp³-hybridized carbons (Fsp3) is 0.0909. The van der Waals surface area contributed by atoms with Crippen LogP contribution in [0.2, 0.25) is 0 Å². The van der Waals surface area contributed by atoms with E-state index in [4.69, 9.17) is 4.98 Å². The van der Waals surface area contributed by atoms with E-state index in [9.17, 15) is 14.0 Å². The summed E-state index contributed by atoms with van der Waals surface area (Å²) >= 11 is 0. The third-order valence-corrected chi connectivity index (χ3v) is 6.60. The molecule has 6 nitrogen and oxygen atoms in total. The van der Waals surface area contributed by atoms with Crippen LogP contribution in [0.15, 0.2) is 102 Å². The number of carbonyl (C=O) groups excluding carboxylic acids is 2. The number of halogens is 1. The van der Waals surface area contributed by atoms with Crippen LogP contribution in [-0.2, 0) is 0 Å². The molecule has 0 fully saturated rings. The van der Waals surface area contributed by atoms with Crippen molar-refractivity contribution >= 4 is 34.1 Å². The molecular weight excluding hydrogens is 503 g/mol. The van der Waals surface area contributed by atoms with Crippen molar-refractivity contribution < 1.29 is 14.0 Å². The number of amides is 2. The summed E-state index contributed by atoms with van der Waals surface area (Å²) in [5.41, 5.74) is 9.91. The second-order valence-corrected chi connectivity index (χ2v) is 9.57. The Morgan fingerprint density at radius 2 is 1.57 bits per heavy atom. The minimum atomic E-state index is -0.474. The van der Waals surface area contributed by atoms with E-state index in [0.717, 1.165) is 38.9 Å². The molecule has 0 aliphatic heterocycles. The number of nitrogens with zero attached hydrogens (tertiary/aromatic N) is 2. The van der Waals surface area contributed by atoms with E-state index in [0.29, 0.717) is 17.0 Å². The summed E-state index contributed by atoms with van der Waals surface area (Å²) < 4.78 is 13.4. The molecule has 0 bridgehead atoms. The fourth-order valence-corrected chi connectivity index (χ4v) is 4.40. The highest BCUT2D eigenvalue weighted by molar-refractivity contribution is 6.08. The Morgan fingerprint density at radius 3 is 2.35 bits per heavy atom. The van der Waals surface area contributed by atoms with Gasteiger partial charge >= 0.3 is 0 Å². The predicted molar refractivity (Wildman–Crippen MR) is 157 cm³/mol. The topological polar surface area (TPSA) is 83.4 Å². The van der Waals surface area contributed by atoms with Gasteiger partial charge in [-0.25, -0.2) is 14.8 Å². The molecule has 7 heteroatoms. The molecule has 1 aromatic heterocycles. The van der Waals surface area contributed by atoms with Crippen LogP contribution >= 0.6 is 0 Å². The second-order valence-electron chi connectivity index (χ2n) is 9.57. The van der Waals surface area contributed by atoms with Gasteiger partial charge in [0.15, 0.2) is 0 Å². The summed E-state index contributed by atoms with van der Waals surface area (Å²) in [5.74, 6) is -1.23. The number of aromatic nitrogens is 1. The van der Waals surface area contributed by atoms with E-state index in [2.05, 4.69) is 28.0 Å². The molecule has 0 aliphatic carbocycles. The van der Waals surface area contributed by atoms with Gasteiger partial charge < -0.3 is 5.32 Å². The van der Waals surface area contributed by atoms with Gasteiger partial charge in [0, 0.05) is 22.2 Å². The molecule has 40 heavy (non-hydrogen) atoms. The SMILES string of the molecule is C/C(=N/NC(=O)c1cc(-c2cc(C)ccc2C)nc2ccccc12)c1ccc(NC(=O)c2cccc(F)c2)cc1. The first-order valence-corrected chi connectivity index (χ1v) is 12.8. The minimum Gasteiger partial charge on any atom is -0.322 e. The zero-order chi connectivity index (χ0) is 28.2. The van der Waals surface area contributed by atoms with Gasteiger partial charge in [-0.1, -0.05) is 54.1 Å². The van der Waals surface area contributed by atoms with Crippen molar-refractivity contribution in [3.63, 3.8) is 0 Å². The number of rotatable bonds is 6. The molecule has 0 saturated carbocycles. The van der Waals surface area contributed by atoms with Gasteiger partial charge in [0.25, 0.3) is 11.8 Å². The van der Waals surface area contributed by atoms with Gasteiger partial charge in [-0.15, -0.1) is 0 Å². The largest absolute Gasteiger partial charge is 0.322 e. The number of fused-ring (bicyclic) bond motifs is 1. The fourth-order valence-electron chi connectivity index (χ4n) is 4.40. The molecule has 5 aromatic rings. The van der Waals surface area contributed by atoms with Gasteiger partial charge in [-0.2, -0.15) is 5.10 Å². The first-order chi connectivity index (χ1) is 19.3. The molecule has 2 N–H and O–H groups in total. The third kappa shape index (κ3) is 5.78. The average molecular weight is 531 g/mol. The van der Waals surface area contributed by atoms with E-state index >= 15 is 0 Å².